The van der Waals surface area contributed by atoms with Gasteiger partial charge in [0.05, 0.1) is 23.7 Å². The van der Waals surface area contributed by atoms with Gasteiger partial charge in [-0.1, -0.05) is 12.1 Å². The van der Waals surface area contributed by atoms with Gasteiger partial charge >= 0.3 is 0 Å². The number of aromatic nitrogens is 4. The molecule has 0 unspecified atom stereocenters. The zero-order valence-corrected chi connectivity index (χ0v) is 16.8. The van der Waals surface area contributed by atoms with Crippen LogP contribution < -0.4 is 10.1 Å². The summed E-state index contributed by atoms with van der Waals surface area (Å²) in [6.45, 7) is 4.41. The van der Waals surface area contributed by atoms with Gasteiger partial charge in [-0.3, -0.25) is 4.79 Å². The summed E-state index contributed by atoms with van der Waals surface area (Å²) in [5.74, 6) is 0.608. The van der Waals surface area contributed by atoms with Crippen molar-refractivity contribution in [3.05, 3.63) is 71.8 Å². The number of hydrogen-bond donors (Lipinski definition) is 1. The quantitative estimate of drug-likeness (QED) is 0.516. The number of thiazole rings is 1. The van der Waals surface area contributed by atoms with Crippen LogP contribution >= 0.6 is 11.3 Å². The van der Waals surface area contributed by atoms with Crippen molar-refractivity contribution >= 4 is 22.9 Å². The van der Waals surface area contributed by atoms with Crippen LogP contribution in [0.2, 0.25) is 0 Å². The van der Waals surface area contributed by atoms with Crippen molar-refractivity contribution in [3.8, 4) is 22.0 Å². The number of carbonyl (C=O) groups excluding carboxylic acids is 1. The van der Waals surface area contributed by atoms with Crippen LogP contribution in [-0.4, -0.2) is 32.3 Å². The van der Waals surface area contributed by atoms with Crippen molar-refractivity contribution in [1.29, 1.82) is 0 Å². The average molecular weight is 405 g/mol. The summed E-state index contributed by atoms with van der Waals surface area (Å²) in [5.41, 5.74) is 3.03. The van der Waals surface area contributed by atoms with Crippen molar-refractivity contribution in [2.45, 2.75) is 13.8 Å². The molecule has 0 atom stereocenters. The van der Waals surface area contributed by atoms with E-state index in [1.807, 2.05) is 62.4 Å². The van der Waals surface area contributed by atoms with Gasteiger partial charge in [0.25, 0.3) is 5.91 Å². The van der Waals surface area contributed by atoms with Crippen molar-refractivity contribution in [1.82, 2.24) is 19.7 Å². The third-order valence-corrected chi connectivity index (χ3v) is 5.44. The molecule has 0 aliphatic rings. The van der Waals surface area contributed by atoms with Crippen LogP contribution in [0, 0.1) is 6.92 Å². The molecule has 7 nitrogen and oxygen atoms in total. The first kappa shape index (κ1) is 18.8. The highest BCUT2D eigenvalue weighted by Crippen LogP contribution is 2.30. The maximum Gasteiger partial charge on any atom is 0.267 e. The maximum atomic E-state index is 12.9. The molecular weight excluding hydrogens is 386 g/mol. The van der Waals surface area contributed by atoms with E-state index in [1.54, 1.807) is 11.0 Å². The zero-order valence-electron chi connectivity index (χ0n) is 16.0. The largest absolute Gasteiger partial charge is 0.494 e. The van der Waals surface area contributed by atoms with Gasteiger partial charge in [0.1, 0.15) is 28.3 Å². The maximum absolute atomic E-state index is 12.9. The van der Waals surface area contributed by atoms with Gasteiger partial charge in [-0.05, 0) is 50.2 Å². The van der Waals surface area contributed by atoms with E-state index in [4.69, 9.17) is 4.74 Å². The van der Waals surface area contributed by atoms with Gasteiger partial charge in [-0.25, -0.2) is 14.6 Å². The Morgan fingerprint density at radius 3 is 2.69 bits per heavy atom. The molecule has 4 rings (SSSR count). The number of aryl methyl sites for hydroxylation is 1. The van der Waals surface area contributed by atoms with Crippen molar-refractivity contribution < 1.29 is 9.53 Å². The molecule has 0 aliphatic carbocycles. The van der Waals surface area contributed by atoms with Crippen LogP contribution in [0.1, 0.15) is 22.3 Å². The van der Waals surface area contributed by atoms with Crippen molar-refractivity contribution in [3.63, 3.8) is 0 Å². The number of hydrogen-bond acceptors (Lipinski definition) is 6. The van der Waals surface area contributed by atoms with E-state index in [0.717, 1.165) is 22.0 Å². The fourth-order valence-electron chi connectivity index (χ4n) is 2.88. The molecule has 1 N–H and O–H groups in total. The normalized spacial score (nSPS) is 10.7. The van der Waals surface area contributed by atoms with Gasteiger partial charge in [0.2, 0.25) is 0 Å². The fraction of sp³-hybridized carbons (Fsp3) is 0.143. The molecule has 0 radical (unpaired) electrons. The van der Waals surface area contributed by atoms with E-state index in [0.29, 0.717) is 22.9 Å². The summed E-state index contributed by atoms with van der Waals surface area (Å²) in [6, 6.07) is 15.2. The van der Waals surface area contributed by atoms with E-state index >= 15 is 0 Å². The van der Waals surface area contributed by atoms with Crippen molar-refractivity contribution in [2.75, 3.05) is 11.9 Å². The highest BCUT2D eigenvalue weighted by atomic mass is 32.1. The van der Waals surface area contributed by atoms with Gasteiger partial charge in [-0.2, -0.15) is 5.10 Å². The summed E-state index contributed by atoms with van der Waals surface area (Å²) in [6.07, 6.45) is 3.04. The Bertz CT molecular complexity index is 1120. The van der Waals surface area contributed by atoms with Crippen LogP contribution in [0.5, 0.6) is 5.75 Å². The highest BCUT2D eigenvalue weighted by Gasteiger charge is 2.18. The van der Waals surface area contributed by atoms with Crippen LogP contribution in [-0.2, 0) is 0 Å². The molecule has 8 heteroatoms. The lowest BCUT2D eigenvalue weighted by Crippen LogP contribution is -2.13. The number of carbonyl (C=O) groups is 1. The average Bonchev–Trinajstić information content (AvgIpc) is 3.39. The minimum absolute atomic E-state index is 0.204. The third kappa shape index (κ3) is 4.02. The number of nitrogens with one attached hydrogen (secondary N) is 1. The molecule has 2 aromatic heterocycles. The molecule has 4 aromatic rings. The molecule has 0 bridgehead atoms. The predicted molar refractivity (Wildman–Crippen MR) is 113 cm³/mol. The topological polar surface area (TPSA) is 81.9 Å². The minimum Gasteiger partial charge on any atom is -0.494 e. The first-order chi connectivity index (χ1) is 14.2. The summed E-state index contributed by atoms with van der Waals surface area (Å²) in [5, 5.41) is 7.90. The number of amides is 1. The van der Waals surface area contributed by atoms with Gasteiger partial charge < -0.3 is 10.1 Å². The van der Waals surface area contributed by atoms with Crippen LogP contribution in [0.25, 0.3) is 16.3 Å². The lowest BCUT2D eigenvalue weighted by Gasteiger charge is -2.10. The Labute approximate surface area is 172 Å². The van der Waals surface area contributed by atoms with Crippen LogP contribution in [0.3, 0.4) is 0 Å². The summed E-state index contributed by atoms with van der Waals surface area (Å²) >= 11 is 1.36. The van der Waals surface area contributed by atoms with E-state index in [9.17, 15) is 4.79 Å². The van der Waals surface area contributed by atoms with E-state index < -0.39 is 0 Å². The third-order valence-electron chi connectivity index (χ3n) is 4.23. The second kappa shape index (κ2) is 8.24. The fourth-order valence-corrected chi connectivity index (χ4v) is 3.85. The molecule has 146 valence electrons. The van der Waals surface area contributed by atoms with Crippen LogP contribution in [0.15, 0.2) is 61.2 Å². The summed E-state index contributed by atoms with van der Waals surface area (Å²) < 4.78 is 7.09. The Hall–Kier alpha value is -3.52. The molecule has 2 aromatic carbocycles. The summed E-state index contributed by atoms with van der Waals surface area (Å²) in [4.78, 5) is 22.1. The Kier molecular flexibility index (Phi) is 5.35. The van der Waals surface area contributed by atoms with Gasteiger partial charge in [0, 0.05) is 5.56 Å². The van der Waals surface area contributed by atoms with Gasteiger partial charge in [-0.15, -0.1) is 11.3 Å². The number of para-hydroxylation sites is 2. The molecule has 29 heavy (non-hydrogen) atoms. The monoisotopic (exact) mass is 405 g/mol. The van der Waals surface area contributed by atoms with Crippen molar-refractivity contribution in [2.24, 2.45) is 0 Å². The standard InChI is InChI=1S/C21H19N5O2S/c1-3-28-16-10-8-15(9-11-16)21-24-14(2)19(29-21)20(27)25-17-6-4-5-7-18(17)26-13-22-12-23-26/h4-13H,3H2,1-2H3,(H,25,27). The smallest absolute Gasteiger partial charge is 0.267 e. The molecule has 0 fully saturated rings. The van der Waals surface area contributed by atoms with Gasteiger partial charge in [0.15, 0.2) is 0 Å². The Morgan fingerprint density at radius 2 is 1.97 bits per heavy atom. The summed E-state index contributed by atoms with van der Waals surface area (Å²) in [7, 11) is 0. The van der Waals surface area contributed by atoms with E-state index in [-0.39, 0.29) is 5.91 Å². The number of benzene rings is 2. The minimum atomic E-state index is -0.204. The lowest BCUT2D eigenvalue weighted by atomic mass is 10.2. The first-order valence-electron chi connectivity index (χ1n) is 9.11. The predicted octanol–water partition coefficient (Wildman–Crippen LogP) is 4.35. The molecule has 0 aliphatic heterocycles. The Balaban J connectivity index is 1.58. The highest BCUT2D eigenvalue weighted by molar-refractivity contribution is 7.17. The second-order valence-electron chi connectivity index (χ2n) is 6.20. The lowest BCUT2D eigenvalue weighted by molar-refractivity contribution is 0.103. The molecule has 0 saturated carbocycles. The number of ether oxygens (including phenoxy) is 1. The SMILES string of the molecule is CCOc1ccc(-c2nc(C)c(C(=O)Nc3ccccc3-n3cncn3)s2)cc1. The van der Waals surface area contributed by atoms with E-state index in [2.05, 4.69) is 20.4 Å². The zero-order chi connectivity index (χ0) is 20.2. The molecule has 0 saturated heterocycles. The molecule has 0 spiro atoms. The Morgan fingerprint density at radius 1 is 1.17 bits per heavy atom. The number of anilines is 1. The number of rotatable bonds is 6. The second-order valence-corrected chi connectivity index (χ2v) is 7.20. The van der Waals surface area contributed by atoms with E-state index in [1.165, 1.54) is 17.7 Å². The first-order valence-corrected chi connectivity index (χ1v) is 9.93. The molecular formula is C21H19N5O2S. The molecule has 2 heterocycles. The van der Waals surface area contributed by atoms with Crippen LogP contribution in [0.4, 0.5) is 5.69 Å². The number of nitrogens with zero attached hydrogens (tertiary/aromatic N) is 4. The molecule has 1 amide bonds.